The second-order valence-electron chi connectivity index (χ2n) is 3.92. The van der Waals surface area contributed by atoms with Crippen molar-refractivity contribution in [2.45, 2.75) is 12.5 Å². The minimum Gasteiger partial charge on any atom is -0.348 e. The van der Waals surface area contributed by atoms with Crippen molar-refractivity contribution in [2.75, 3.05) is 6.54 Å². The maximum Gasteiger partial charge on any atom is 0.131 e. The lowest BCUT2D eigenvalue weighted by molar-refractivity contribution is 0.553. The molecule has 1 unspecified atom stereocenters. The number of nitrogens with zero attached hydrogens (tertiary/aromatic N) is 3. The van der Waals surface area contributed by atoms with Crippen LogP contribution in [0.5, 0.6) is 0 Å². The van der Waals surface area contributed by atoms with Gasteiger partial charge in [-0.15, -0.1) is 0 Å². The van der Waals surface area contributed by atoms with Crippen molar-refractivity contribution in [1.82, 2.24) is 25.1 Å². The van der Waals surface area contributed by atoms with Crippen molar-refractivity contribution in [2.24, 2.45) is 7.05 Å². The van der Waals surface area contributed by atoms with E-state index in [1.54, 1.807) is 17.2 Å². The third kappa shape index (κ3) is 1.36. The van der Waals surface area contributed by atoms with Gasteiger partial charge in [0, 0.05) is 31.3 Å². The molecule has 0 saturated heterocycles. The third-order valence-electron chi connectivity index (χ3n) is 2.95. The molecular weight excluding hydrogens is 226 g/mol. The highest BCUT2D eigenvalue weighted by Crippen LogP contribution is 2.30. The largest absolute Gasteiger partial charge is 0.348 e. The maximum atomic E-state index is 6.20. The van der Waals surface area contributed by atoms with Gasteiger partial charge in [-0.1, -0.05) is 11.6 Å². The van der Waals surface area contributed by atoms with Gasteiger partial charge in [0.05, 0.1) is 24.3 Å². The van der Waals surface area contributed by atoms with Crippen molar-refractivity contribution in [3.63, 3.8) is 0 Å². The fraction of sp³-hybridized carbons (Fsp3) is 0.400. The third-order valence-corrected chi connectivity index (χ3v) is 3.41. The smallest absolute Gasteiger partial charge is 0.131 e. The van der Waals surface area contributed by atoms with Crippen LogP contribution in [0.3, 0.4) is 0 Å². The van der Waals surface area contributed by atoms with E-state index in [1.807, 2.05) is 7.05 Å². The van der Waals surface area contributed by atoms with Crippen LogP contribution in [0.25, 0.3) is 0 Å². The lowest BCUT2D eigenvalue weighted by Gasteiger charge is -2.22. The van der Waals surface area contributed by atoms with Crippen molar-refractivity contribution >= 4 is 11.6 Å². The number of halogens is 1. The second-order valence-corrected chi connectivity index (χ2v) is 4.28. The van der Waals surface area contributed by atoms with E-state index >= 15 is 0 Å². The average Bonchev–Trinajstić information content (AvgIpc) is 2.87. The molecule has 0 fully saturated rings. The Morgan fingerprint density at radius 1 is 1.56 bits per heavy atom. The number of aromatic amines is 1. The number of fused-ring (bicyclic) bond motifs is 1. The van der Waals surface area contributed by atoms with Crippen LogP contribution in [0.4, 0.5) is 0 Å². The summed E-state index contributed by atoms with van der Waals surface area (Å²) in [5, 5.41) is 8.23. The van der Waals surface area contributed by atoms with Gasteiger partial charge in [-0.3, -0.25) is 4.68 Å². The van der Waals surface area contributed by atoms with Crippen LogP contribution in [0.2, 0.25) is 5.15 Å². The van der Waals surface area contributed by atoms with Crippen LogP contribution in [-0.4, -0.2) is 26.3 Å². The first-order valence-electron chi connectivity index (χ1n) is 5.20. The Hall–Kier alpha value is -1.33. The van der Waals surface area contributed by atoms with E-state index < -0.39 is 0 Å². The number of aromatic nitrogens is 4. The number of hydrogen-bond acceptors (Lipinski definition) is 3. The lowest BCUT2D eigenvalue weighted by atomic mass is 10.0. The molecule has 6 heteroatoms. The zero-order valence-corrected chi connectivity index (χ0v) is 9.62. The summed E-state index contributed by atoms with van der Waals surface area (Å²) in [6.45, 7) is 0.922. The number of nitrogens with one attached hydrogen (secondary N) is 2. The monoisotopic (exact) mass is 237 g/mol. The van der Waals surface area contributed by atoms with E-state index in [-0.39, 0.29) is 6.04 Å². The SMILES string of the molecule is Cn1ncc(C2NCCc3[nH]cnc32)c1Cl. The first kappa shape index (κ1) is 9.86. The average molecular weight is 238 g/mol. The molecule has 1 aliphatic rings. The highest BCUT2D eigenvalue weighted by atomic mass is 35.5. The zero-order valence-electron chi connectivity index (χ0n) is 8.87. The molecule has 5 nitrogen and oxygen atoms in total. The molecule has 16 heavy (non-hydrogen) atoms. The summed E-state index contributed by atoms with van der Waals surface area (Å²) < 4.78 is 1.67. The molecule has 1 aliphatic heterocycles. The van der Waals surface area contributed by atoms with Gasteiger partial charge in [-0.05, 0) is 0 Å². The zero-order chi connectivity index (χ0) is 11.1. The molecule has 2 aromatic rings. The molecule has 0 bridgehead atoms. The number of imidazole rings is 1. The van der Waals surface area contributed by atoms with Gasteiger partial charge in [0.1, 0.15) is 5.15 Å². The van der Waals surface area contributed by atoms with Gasteiger partial charge in [0.25, 0.3) is 0 Å². The predicted octanol–water partition coefficient (Wildman–Crippen LogP) is 1.03. The number of H-pyrrole nitrogens is 1. The fourth-order valence-corrected chi connectivity index (χ4v) is 2.31. The van der Waals surface area contributed by atoms with E-state index in [2.05, 4.69) is 20.4 Å². The Labute approximate surface area is 97.8 Å². The van der Waals surface area contributed by atoms with Crippen molar-refractivity contribution in [3.05, 3.63) is 34.6 Å². The first-order valence-corrected chi connectivity index (χ1v) is 5.58. The molecule has 0 saturated carbocycles. The van der Waals surface area contributed by atoms with Crippen LogP contribution in [-0.2, 0) is 13.5 Å². The molecule has 2 N–H and O–H groups in total. The fourth-order valence-electron chi connectivity index (χ4n) is 2.11. The molecule has 1 atom stereocenters. The summed E-state index contributed by atoms with van der Waals surface area (Å²) in [6.07, 6.45) is 4.50. The van der Waals surface area contributed by atoms with Gasteiger partial charge in [0.2, 0.25) is 0 Å². The first-order chi connectivity index (χ1) is 7.77. The summed E-state index contributed by atoms with van der Waals surface area (Å²) >= 11 is 6.20. The molecule has 2 aromatic heterocycles. The van der Waals surface area contributed by atoms with Crippen LogP contribution in [0.15, 0.2) is 12.5 Å². The minimum absolute atomic E-state index is 0.0520. The van der Waals surface area contributed by atoms with Crippen molar-refractivity contribution in [1.29, 1.82) is 0 Å². The Morgan fingerprint density at radius 2 is 2.44 bits per heavy atom. The van der Waals surface area contributed by atoms with Gasteiger partial charge >= 0.3 is 0 Å². The molecule has 0 amide bonds. The molecule has 0 radical (unpaired) electrons. The van der Waals surface area contributed by atoms with E-state index in [9.17, 15) is 0 Å². The summed E-state index contributed by atoms with van der Waals surface area (Å²) in [4.78, 5) is 7.51. The second kappa shape index (κ2) is 3.61. The Morgan fingerprint density at radius 3 is 3.19 bits per heavy atom. The highest BCUT2D eigenvalue weighted by molar-refractivity contribution is 6.30. The Kier molecular flexibility index (Phi) is 2.22. The van der Waals surface area contributed by atoms with Crippen molar-refractivity contribution in [3.8, 4) is 0 Å². The molecule has 0 aromatic carbocycles. The maximum absolute atomic E-state index is 6.20. The Balaban J connectivity index is 2.07. The predicted molar refractivity (Wildman–Crippen MR) is 60.4 cm³/mol. The molecular formula is C10H12ClN5. The number of rotatable bonds is 1. The lowest BCUT2D eigenvalue weighted by Crippen LogP contribution is -2.30. The molecule has 0 spiro atoms. The van der Waals surface area contributed by atoms with Gasteiger partial charge in [-0.25, -0.2) is 4.98 Å². The van der Waals surface area contributed by atoms with Gasteiger partial charge < -0.3 is 10.3 Å². The number of hydrogen-bond donors (Lipinski definition) is 2. The molecule has 3 heterocycles. The Bertz CT molecular complexity index is 515. The molecule has 84 valence electrons. The summed E-state index contributed by atoms with van der Waals surface area (Å²) in [6, 6.07) is 0.0520. The van der Waals surface area contributed by atoms with Crippen LogP contribution < -0.4 is 5.32 Å². The normalized spacial score (nSPS) is 19.8. The summed E-state index contributed by atoms with van der Waals surface area (Å²) in [5.74, 6) is 0. The quantitative estimate of drug-likeness (QED) is 0.779. The van der Waals surface area contributed by atoms with E-state index in [0.29, 0.717) is 5.15 Å². The summed E-state index contributed by atoms with van der Waals surface area (Å²) in [5.41, 5.74) is 3.20. The number of aryl methyl sites for hydroxylation is 1. The minimum atomic E-state index is 0.0520. The van der Waals surface area contributed by atoms with Crippen LogP contribution in [0.1, 0.15) is 23.0 Å². The van der Waals surface area contributed by atoms with Crippen LogP contribution in [0, 0.1) is 0 Å². The standard InChI is InChI=1S/C10H12ClN5/c1-16-10(11)6(4-15-16)8-9-7(2-3-12-8)13-5-14-9/h4-5,8,12H,2-3H2,1H3,(H,13,14). The van der Waals surface area contributed by atoms with E-state index in [1.165, 1.54) is 5.69 Å². The molecule has 0 aliphatic carbocycles. The van der Waals surface area contributed by atoms with E-state index in [4.69, 9.17) is 11.6 Å². The van der Waals surface area contributed by atoms with Gasteiger partial charge in [0.15, 0.2) is 0 Å². The van der Waals surface area contributed by atoms with Gasteiger partial charge in [-0.2, -0.15) is 5.10 Å². The molecule has 3 rings (SSSR count). The topological polar surface area (TPSA) is 58.5 Å². The van der Waals surface area contributed by atoms with Crippen molar-refractivity contribution < 1.29 is 0 Å². The summed E-state index contributed by atoms with van der Waals surface area (Å²) in [7, 11) is 1.83. The van der Waals surface area contributed by atoms with E-state index in [0.717, 1.165) is 24.2 Å². The van der Waals surface area contributed by atoms with Crippen LogP contribution >= 0.6 is 11.6 Å². The highest BCUT2D eigenvalue weighted by Gasteiger charge is 2.26.